The highest BCUT2D eigenvalue weighted by Gasteiger charge is 2.19. The first-order valence-electron chi connectivity index (χ1n) is 6.15. The number of carbonyl (C=O) groups excluding carboxylic acids is 1. The number of pyridine rings is 1. The van der Waals surface area contributed by atoms with E-state index in [1.165, 1.54) is 12.4 Å². The van der Waals surface area contributed by atoms with Crippen LogP contribution in [0.3, 0.4) is 0 Å². The van der Waals surface area contributed by atoms with E-state index in [1.54, 1.807) is 18.2 Å². The molecular weight excluding hydrogens is 306 g/mol. The van der Waals surface area contributed by atoms with E-state index in [1.807, 2.05) is 0 Å². The second kappa shape index (κ2) is 6.85. The van der Waals surface area contributed by atoms with Crippen LogP contribution < -0.4 is 5.43 Å². The average Bonchev–Trinajstić information content (AvgIpc) is 2.55. The van der Waals surface area contributed by atoms with Gasteiger partial charge < -0.3 is 0 Å². The minimum absolute atomic E-state index is 0.246. The molecule has 0 aliphatic rings. The molecule has 0 atom stereocenters. The van der Waals surface area contributed by atoms with Crippen molar-refractivity contribution >= 4 is 23.5 Å². The Morgan fingerprint density at radius 1 is 1.13 bits per heavy atom. The molecule has 23 heavy (non-hydrogen) atoms. The van der Waals surface area contributed by atoms with Crippen LogP contribution in [0, 0.1) is 20.2 Å². The maximum absolute atomic E-state index is 11.9. The van der Waals surface area contributed by atoms with Gasteiger partial charge in [0.1, 0.15) is 0 Å². The lowest BCUT2D eigenvalue weighted by atomic mass is 10.1. The standard InChI is InChI=1S/C13H9N5O5/c19-13(16-15-8-10-3-1-2-4-14-10)9-5-11(17(20)21)7-12(6-9)18(22)23/h1-8H,(H,16,19)/b15-8-. The summed E-state index contributed by atoms with van der Waals surface area (Å²) in [6.45, 7) is 0. The largest absolute Gasteiger partial charge is 0.277 e. The van der Waals surface area contributed by atoms with Gasteiger partial charge in [-0.2, -0.15) is 5.10 Å². The number of nitrogens with one attached hydrogen (secondary N) is 1. The fraction of sp³-hybridized carbons (Fsp3) is 0. The second-order valence-corrected chi connectivity index (χ2v) is 4.21. The summed E-state index contributed by atoms with van der Waals surface area (Å²) in [7, 11) is 0. The van der Waals surface area contributed by atoms with Crippen molar-refractivity contribution in [1.29, 1.82) is 0 Å². The van der Waals surface area contributed by atoms with Gasteiger partial charge in [-0.3, -0.25) is 30.0 Å². The lowest BCUT2D eigenvalue weighted by molar-refractivity contribution is -0.394. The number of rotatable bonds is 5. The van der Waals surface area contributed by atoms with Gasteiger partial charge in [0.2, 0.25) is 0 Å². The number of benzene rings is 1. The van der Waals surface area contributed by atoms with Crippen molar-refractivity contribution in [1.82, 2.24) is 10.4 Å². The average molecular weight is 315 g/mol. The third-order valence-corrected chi connectivity index (χ3v) is 2.64. The molecule has 10 nitrogen and oxygen atoms in total. The highest BCUT2D eigenvalue weighted by Crippen LogP contribution is 2.22. The SMILES string of the molecule is O=C(N/N=C\c1ccccn1)c1cc([N+](=O)[O-])cc([N+](=O)[O-])c1. The zero-order valence-corrected chi connectivity index (χ0v) is 11.4. The number of nitro groups is 2. The fourth-order valence-electron chi connectivity index (χ4n) is 1.61. The lowest BCUT2D eigenvalue weighted by Gasteiger charge is -2.00. The Bertz CT molecular complexity index is 758. The molecule has 2 rings (SSSR count). The third-order valence-electron chi connectivity index (χ3n) is 2.64. The summed E-state index contributed by atoms with van der Waals surface area (Å²) in [5.74, 6) is -0.816. The number of carbonyl (C=O) groups is 1. The highest BCUT2D eigenvalue weighted by molar-refractivity contribution is 5.96. The van der Waals surface area contributed by atoms with E-state index in [4.69, 9.17) is 0 Å². The van der Waals surface area contributed by atoms with Gasteiger partial charge in [-0.15, -0.1) is 0 Å². The first-order chi connectivity index (χ1) is 11.0. The maximum Gasteiger partial charge on any atom is 0.277 e. The summed E-state index contributed by atoms with van der Waals surface area (Å²) in [4.78, 5) is 35.7. The number of non-ortho nitro benzene ring substituents is 2. The minimum Gasteiger partial charge on any atom is -0.267 e. The maximum atomic E-state index is 11.9. The zero-order valence-electron chi connectivity index (χ0n) is 11.4. The first kappa shape index (κ1) is 15.7. The molecule has 0 radical (unpaired) electrons. The second-order valence-electron chi connectivity index (χ2n) is 4.21. The first-order valence-corrected chi connectivity index (χ1v) is 6.15. The summed E-state index contributed by atoms with van der Waals surface area (Å²) in [6.07, 6.45) is 2.80. The van der Waals surface area contributed by atoms with Gasteiger partial charge in [0.25, 0.3) is 17.3 Å². The molecule has 116 valence electrons. The quantitative estimate of drug-likeness (QED) is 0.505. The van der Waals surface area contributed by atoms with E-state index in [0.717, 1.165) is 18.2 Å². The fourth-order valence-corrected chi connectivity index (χ4v) is 1.61. The van der Waals surface area contributed by atoms with Gasteiger partial charge in [0, 0.05) is 18.3 Å². The minimum atomic E-state index is -0.819. The predicted molar refractivity (Wildman–Crippen MR) is 79.0 cm³/mol. The van der Waals surface area contributed by atoms with Crippen molar-refractivity contribution in [2.75, 3.05) is 0 Å². The number of amides is 1. The van der Waals surface area contributed by atoms with Crippen molar-refractivity contribution in [3.63, 3.8) is 0 Å². The zero-order chi connectivity index (χ0) is 16.8. The molecule has 0 spiro atoms. The summed E-state index contributed by atoms with van der Waals surface area (Å²) in [6, 6.07) is 7.71. The van der Waals surface area contributed by atoms with E-state index in [2.05, 4.69) is 15.5 Å². The van der Waals surface area contributed by atoms with Crippen LogP contribution in [0.1, 0.15) is 16.1 Å². The molecule has 0 aliphatic carbocycles. The molecule has 1 aromatic carbocycles. The Kier molecular flexibility index (Phi) is 4.67. The Morgan fingerprint density at radius 3 is 2.30 bits per heavy atom. The van der Waals surface area contributed by atoms with Crippen LogP contribution in [0.5, 0.6) is 0 Å². The molecule has 10 heteroatoms. The van der Waals surface area contributed by atoms with Crippen molar-refractivity contribution < 1.29 is 14.6 Å². The van der Waals surface area contributed by atoms with Crippen molar-refractivity contribution in [2.24, 2.45) is 5.10 Å². The number of nitro benzene ring substituents is 2. The summed E-state index contributed by atoms with van der Waals surface area (Å²) >= 11 is 0. The summed E-state index contributed by atoms with van der Waals surface area (Å²) in [5.41, 5.74) is 1.25. The Morgan fingerprint density at radius 2 is 1.78 bits per heavy atom. The summed E-state index contributed by atoms with van der Waals surface area (Å²) < 4.78 is 0. The number of hydrazone groups is 1. The van der Waals surface area contributed by atoms with Crippen molar-refractivity contribution in [2.45, 2.75) is 0 Å². The molecule has 1 aromatic heterocycles. The number of hydrogen-bond donors (Lipinski definition) is 1. The third kappa shape index (κ3) is 4.14. The van der Waals surface area contributed by atoms with Crippen molar-refractivity contribution in [3.05, 3.63) is 74.1 Å². The van der Waals surface area contributed by atoms with Gasteiger partial charge in [-0.25, -0.2) is 5.43 Å². The van der Waals surface area contributed by atoms with Crippen LogP contribution in [-0.4, -0.2) is 27.0 Å². The lowest BCUT2D eigenvalue weighted by Crippen LogP contribution is -2.18. The molecule has 0 unspecified atom stereocenters. The van der Waals surface area contributed by atoms with Crippen LogP contribution in [-0.2, 0) is 0 Å². The van der Waals surface area contributed by atoms with Crippen LogP contribution >= 0.6 is 0 Å². The number of nitrogens with zero attached hydrogens (tertiary/aromatic N) is 4. The van der Waals surface area contributed by atoms with E-state index in [0.29, 0.717) is 5.69 Å². The Hall–Kier alpha value is -3.69. The van der Waals surface area contributed by atoms with Gasteiger partial charge >= 0.3 is 0 Å². The highest BCUT2D eigenvalue weighted by atomic mass is 16.6. The molecule has 0 aliphatic heterocycles. The predicted octanol–water partition coefficient (Wildman–Crippen LogP) is 1.66. The summed E-state index contributed by atoms with van der Waals surface area (Å²) in [5, 5.41) is 25.2. The molecular formula is C13H9N5O5. The Labute approximate surface area is 128 Å². The Balaban J connectivity index is 2.20. The normalized spacial score (nSPS) is 10.4. The molecule has 0 saturated carbocycles. The van der Waals surface area contributed by atoms with Gasteiger partial charge in [0.05, 0.1) is 33.4 Å². The molecule has 2 aromatic rings. The monoisotopic (exact) mass is 315 g/mol. The molecule has 0 saturated heterocycles. The van der Waals surface area contributed by atoms with E-state index < -0.39 is 27.1 Å². The van der Waals surface area contributed by atoms with Crippen LogP contribution in [0.2, 0.25) is 0 Å². The van der Waals surface area contributed by atoms with Crippen LogP contribution in [0.4, 0.5) is 11.4 Å². The topological polar surface area (TPSA) is 141 Å². The molecule has 1 amide bonds. The molecule has 0 bridgehead atoms. The van der Waals surface area contributed by atoms with E-state index >= 15 is 0 Å². The van der Waals surface area contributed by atoms with Gasteiger partial charge in [-0.1, -0.05) is 6.07 Å². The number of hydrogen-bond acceptors (Lipinski definition) is 7. The molecule has 1 N–H and O–H groups in total. The number of aromatic nitrogens is 1. The van der Waals surface area contributed by atoms with E-state index in [9.17, 15) is 25.0 Å². The van der Waals surface area contributed by atoms with Crippen LogP contribution in [0.15, 0.2) is 47.7 Å². The van der Waals surface area contributed by atoms with Gasteiger partial charge in [-0.05, 0) is 12.1 Å². The molecule has 0 fully saturated rings. The van der Waals surface area contributed by atoms with Crippen LogP contribution in [0.25, 0.3) is 0 Å². The van der Waals surface area contributed by atoms with Gasteiger partial charge in [0.15, 0.2) is 0 Å². The van der Waals surface area contributed by atoms with E-state index in [-0.39, 0.29) is 5.56 Å². The smallest absolute Gasteiger partial charge is 0.267 e. The van der Waals surface area contributed by atoms with Crippen molar-refractivity contribution in [3.8, 4) is 0 Å². The molecule has 1 heterocycles.